The summed E-state index contributed by atoms with van der Waals surface area (Å²) in [6, 6.07) is 5.11. The van der Waals surface area contributed by atoms with Crippen LogP contribution in [0.15, 0.2) is 29.3 Å². The molecule has 0 bridgehead atoms. The Hall–Kier alpha value is -1.52. The molecule has 0 amide bonds. The van der Waals surface area contributed by atoms with Crippen LogP contribution in [0.4, 0.5) is 18.9 Å². The zero-order chi connectivity index (χ0) is 11.5. The average molecular weight is 216 g/mol. The van der Waals surface area contributed by atoms with Crippen LogP contribution in [0.25, 0.3) is 0 Å². The summed E-state index contributed by atoms with van der Waals surface area (Å²) in [7, 11) is 0. The van der Waals surface area contributed by atoms with E-state index < -0.39 is 11.7 Å². The van der Waals surface area contributed by atoms with Gasteiger partial charge in [0, 0.05) is 6.42 Å². The van der Waals surface area contributed by atoms with Crippen LogP contribution in [0.5, 0.6) is 0 Å². The van der Waals surface area contributed by atoms with E-state index >= 15 is 0 Å². The highest BCUT2D eigenvalue weighted by molar-refractivity contribution is 5.83. The fourth-order valence-corrected chi connectivity index (χ4v) is 1.04. The van der Waals surface area contributed by atoms with Crippen LogP contribution in [-0.4, -0.2) is 5.84 Å². The van der Waals surface area contributed by atoms with E-state index in [0.717, 1.165) is 6.07 Å². The van der Waals surface area contributed by atoms with Gasteiger partial charge in [-0.1, -0.05) is 19.1 Å². The van der Waals surface area contributed by atoms with Crippen molar-refractivity contribution in [2.24, 2.45) is 10.7 Å². The molecule has 2 nitrogen and oxygen atoms in total. The molecule has 0 heterocycles. The van der Waals surface area contributed by atoms with Crippen molar-refractivity contribution in [2.75, 3.05) is 0 Å². The summed E-state index contributed by atoms with van der Waals surface area (Å²) < 4.78 is 37.5. The van der Waals surface area contributed by atoms with Gasteiger partial charge in [0.15, 0.2) is 0 Å². The maximum absolute atomic E-state index is 12.5. The summed E-state index contributed by atoms with van der Waals surface area (Å²) in [5.74, 6) is 0.187. The average Bonchev–Trinajstić information content (AvgIpc) is 2.17. The number of nitrogens with two attached hydrogens (primary N) is 1. The second kappa shape index (κ2) is 4.33. The van der Waals surface area contributed by atoms with Crippen LogP contribution in [0.2, 0.25) is 0 Å². The molecule has 0 saturated carbocycles. The Bertz CT molecular complexity index is 369. The summed E-state index contributed by atoms with van der Waals surface area (Å²) in [5.41, 5.74) is 4.50. The van der Waals surface area contributed by atoms with Gasteiger partial charge in [0.2, 0.25) is 0 Å². The van der Waals surface area contributed by atoms with Gasteiger partial charge in [0.1, 0.15) is 0 Å². The van der Waals surface area contributed by atoms with Crippen molar-refractivity contribution in [3.63, 3.8) is 0 Å². The van der Waals surface area contributed by atoms with Crippen molar-refractivity contribution in [1.82, 2.24) is 0 Å². The fraction of sp³-hybridized carbons (Fsp3) is 0.300. The molecule has 0 aliphatic carbocycles. The van der Waals surface area contributed by atoms with Crippen LogP contribution in [-0.2, 0) is 6.18 Å². The second-order valence-electron chi connectivity index (χ2n) is 2.97. The minimum atomic E-state index is -4.39. The number of halogens is 3. The standard InChI is InChI=1S/C10H11F3N2/c1-2-9(14)15-8-6-4-3-5-7(8)10(11,12)13/h3-6H,2H2,1H3,(H2,14,15). The molecule has 0 spiro atoms. The Morgan fingerprint density at radius 1 is 1.33 bits per heavy atom. The maximum Gasteiger partial charge on any atom is 0.418 e. The largest absolute Gasteiger partial charge is 0.418 e. The van der Waals surface area contributed by atoms with E-state index in [1.807, 2.05) is 0 Å². The van der Waals surface area contributed by atoms with Crippen molar-refractivity contribution < 1.29 is 13.2 Å². The molecule has 5 heteroatoms. The van der Waals surface area contributed by atoms with Gasteiger partial charge in [-0.05, 0) is 12.1 Å². The van der Waals surface area contributed by atoms with Gasteiger partial charge in [-0.2, -0.15) is 13.2 Å². The molecule has 0 atom stereocenters. The lowest BCUT2D eigenvalue weighted by Gasteiger charge is -2.09. The number of aliphatic imine (C=N–C) groups is 1. The van der Waals surface area contributed by atoms with Crippen molar-refractivity contribution in [1.29, 1.82) is 0 Å². The molecule has 2 N–H and O–H groups in total. The minimum Gasteiger partial charge on any atom is -0.387 e. The highest BCUT2D eigenvalue weighted by atomic mass is 19.4. The summed E-state index contributed by atoms with van der Waals surface area (Å²) in [6.07, 6.45) is -3.97. The summed E-state index contributed by atoms with van der Waals surface area (Å²) >= 11 is 0. The monoisotopic (exact) mass is 216 g/mol. The zero-order valence-corrected chi connectivity index (χ0v) is 8.17. The lowest BCUT2D eigenvalue weighted by Crippen LogP contribution is -2.10. The van der Waals surface area contributed by atoms with E-state index in [1.165, 1.54) is 18.2 Å². The molecule has 0 aliphatic rings. The Morgan fingerprint density at radius 2 is 1.93 bits per heavy atom. The molecule has 0 aromatic heterocycles. The Kier molecular flexibility index (Phi) is 3.34. The molecular weight excluding hydrogens is 205 g/mol. The van der Waals surface area contributed by atoms with Gasteiger partial charge in [-0.15, -0.1) is 0 Å². The van der Waals surface area contributed by atoms with Crippen molar-refractivity contribution in [3.8, 4) is 0 Å². The normalized spacial score (nSPS) is 12.9. The molecule has 1 aromatic rings. The molecule has 0 fully saturated rings. The van der Waals surface area contributed by atoms with Gasteiger partial charge in [-0.25, -0.2) is 4.99 Å². The van der Waals surface area contributed by atoms with E-state index in [4.69, 9.17) is 5.73 Å². The van der Waals surface area contributed by atoms with Crippen LogP contribution < -0.4 is 5.73 Å². The van der Waals surface area contributed by atoms with Crippen LogP contribution in [0.3, 0.4) is 0 Å². The summed E-state index contributed by atoms with van der Waals surface area (Å²) in [4.78, 5) is 3.72. The number of para-hydroxylation sites is 1. The highest BCUT2D eigenvalue weighted by Gasteiger charge is 2.33. The Labute approximate surface area is 85.6 Å². The molecule has 1 aromatic carbocycles. The van der Waals surface area contributed by atoms with Crippen LogP contribution in [0, 0.1) is 0 Å². The molecule has 0 saturated heterocycles. The van der Waals surface area contributed by atoms with E-state index in [1.54, 1.807) is 6.92 Å². The lowest BCUT2D eigenvalue weighted by molar-refractivity contribution is -0.137. The van der Waals surface area contributed by atoms with E-state index in [0.29, 0.717) is 6.42 Å². The number of alkyl halides is 3. The van der Waals surface area contributed by atoms with Crippen molar-refractivity contribution >= 4 is 11.5 Å². The quantitative estimate of drug-likeness (QED) is 0.598. The summed E-state index contributed by atoms with van der Waals surface area (Å²) in [5, 5.41) is 0. The highest BCUT2D eigenvalue weighted by Crippen LogP contribution is 2.35. The maximum atomic E-state index is 12.5. The van der Waals surface area contributed by atoms with E-state index in [2.05, 4.69) is 4.99 Å². The first-order valence-corrected chi connectivity index (χ1v) is 4.44. The number of benzene rings is 1. The smallest absolute Gasteiger partial charge is 0.387 e. The van der Waals surface area contributed by atoms with Gasteiger partial charge in [0.25, 0.3) is 0 Å². The Morgan fingerprint density at radius 3 is 2.47 bits per heavy atom. The fourth-order valence-electron chi connectivity index (χ4n) is 1.04. The predicted octanol–water partition coefficient (Wildman–Crippen LogP) is 3.10. The van der Waals surface area contributed by atoms with Gasteiger partial charge < -0.3 is 5.73 Å². The first kappa shape index (κ1) is 11.6. The van der Waals surface area contributed by atoms with Gasteiger partial charge in [0.05, 0.1) is 17.1 Å². The molecule has 0 unspecified atom stereocenters. The van der Waals surface area contributed by atoms with Gasteiger partial charge >= 0.3 is 6.18 Å². The van der Waals surface area contributed by atoms with E-state index in [9.17, 15) is 13.2 Å². The third kappa shape index (κ3) is 2.97. The predicted molar refractivity (Wildman–Crippen MR) is 53.0 cm³/mol. The molecule has 0 aliphatic heterocycles. The summed E-state index contributed by atoms with van der Waals surface area (Å²) in [6.45, 7) is 1.73. The number of amidine groups is 1. The van der Waals surface area contributed by atoms with E-state index in [-0.39, 0.29) is 11.5 Å². The third-order valence-electron chi connectivity index (χ3n) is 1.84. The number of rotatable bonds is 2. The molecular formula is C10H11F3N2. The third-order valence-corrected chi connectivity index (χ3v) is 1.84. The van der Waals surface area contributed by atoms with Gasteiger partial charge in [-0.3, -0.25) is 0 Å². The zero-order valence-electron chi connectivity index (χ0n) is 8.17. The minimum absolute atomic E-state index is 0.135. The van der Waals surface area contributed by atoms with Crippen molar-refractivity contribution in [3.05, 3.63) is 29.8 Å². The second-order valence-corrected chi connectivity index (χ2v) is 2.97. The first-order chi connectivity index (χ1) is 6.95. The number of hydrogen-bond acceptors (Lipinski definition) is 1. The topological polar surface area (TPSA) is 38.4 Å². The molecule has 15 heavy (non-hydrogen) atoms. The number of hydrogen-bond donors (Lipinski definition) is 1. The number of nitrogens with zero attached hydrogens (tertiary/aromatic N) is 1. The molecule has 0 radical (unpaired) electrons. The SMILES string of the molecule is CCC(N)=Nc1ccccc1C(F)(F)F. The molecule has 82 valence electrons. The van der Waals surface area contributed by atoms with Crippen LogP contribution >= 0.6 is 0 Å². The lowest BCUT2D eigenvalue weighted by atomic mass is 10.2. The Balaban J connectivity index is 3.19. The molecule has 1 rings (SSSR count). The first-order valence-electron chi connectivity index (χ1n) is 4.44. The van der Waals surface area contributed by atoms with Crippen molar-refractivity contribution in [2.45, 2.75) is 19.5 Å². The van der Waals surface area contributed by atoms with Crippen LogP contribution in [0.1, 0.15) is 18.9 Å².